The van der Waals surface area contributed by atoms with E-state index < -0.39 is 6.10 Å². The van der Waals surface area contributed by atoms with Crippen LogP contribution in [-0.2, 0) is 4.74 Å². The van der Waals surface area contributed by atoms with E-state index in [1.807, 2.05) is 73.5 Å². The molecule has 0 unspecified atom stereocenters. The summed E-state index contributed by atoms with van der Waals surface area (Å²) in [4.78, 5) is 2.03. The van der Waals surface area contributed by atoms with Gasteiger partial charge in [0.25, 0.3) is 0 Å². The Morgan fingerprint density at radius 1 is 1.08 bits per heavy atom. The highest BCUT2D eigenvalue weighted by molar-refractivity contribution is 6.30. The van der Waals surface area contributed by atoms with Crippen molar-refractivity contribution in [3.8, 4) is 5.75 Å². The van der Waals surface area contributed by atoms with Crippen LogP contribution in [0.2, 0.25) is 5.02 Å². The third kappa shape index (κ3) is 7.45. The summed E-state index contributed by atoms with van der Waals surface area (Å²) in [5, 5.41) is 10.9. The van der Waals surface area contributed by atoms with E-state index in [0.29, 0.717) is 18.2 Å². The van der Waals surface area contributed by atoms with Crippen molar-refractivity contribution < 1.29 is 14.6 Å². The second-order valence-electron chi connectivity index (χ2n) is 6.10. The van der Waals surface area contributed by atoms with Crippen LogP contribution in [0.4, 0.5) is 0 Å². The Kier molecular flexibility index (Phi) is 8.22. The first kappa shape index (κ1) is 19.7. The SMILES string of the molecule is C[C@@H](OC[C@H](O)CN(C)CCOc1ccccc1)c1ccc(Cl)cc1. The van der Waals surface area contributed by atoms with Crippen molar-refractivity contribution in [2.24, 2.45) is 0 Å². The van der Waals surface area contributed by atoms with Crippen molar-refractivity contribution in [2.75, 3.05) is 33.4 Å². The number of hydrogen-bond acceptors (Lipinski definition) is 4. The van der Waals surface area contributed by atoms with E-state index in [-0.39, 0.29) is 12.7 Å². The van der Waals surface area contributed by atoms with Crippen LogP contribution in [0.3, 0.4) is 0 Å². The Bertz CT molecular complexity index is 606. The molecule has 2 rings (SSSR count). The predicted octanol–water partition coefficient (Wildman–Crippen LogP) is 3.79. The molecule has 2 atom stereocenters. The Hall–Kier alpha value is -1.59. The minimum atomic E-state index is -0.545. The van der Waals surface area contributed by atoms with E-state index in [4.69, 9.17) is 21.1 Å². The van der Waals surface area contributed by atoms with Gasteiger partial charge in [0.1, 0.15) is 12.4 Å². The van der Waals surface area contributed by atoms with Crippen molar-refractivity contribution in [3.63, 3.8) is 0 Å². The van der Waals surface area contributed by atoms with Crippen LogP contribution in [0.1, 0.15) is 18.6 Å². The second kappa shape index (κ2) is 10.4. The van der Waals surface area contributed by atoms with Crippen LogP contribution >= 0.6 is 11.6 Å². The summed E-state index contributed by atoms with van der Waals surface area (Å²) in [6, 6.07) is 17.3. The Labute approximate surface area is 154 Å². The highest BCUT2D eigenvalue weighted by atomic mass is 35.5. The fourth-order valence-corrected chi connectivity index (χ4v) is 2.55. The fraction of sp³-hybridized carbons (Fsp3) is 0.400. The lowest BCUT2D eigenvalue weighted by Crippen LogP contribution is -2.34. The Balaban J connectivity index is 1.63. The Morgan fingerprint density at radius 3 is 2.44 bits per heavy atom. The highest BCUT2D eigenvalue weighted by Gasteiger charge is 2.12. The van der Waals surface area contributed by atoms with Gasteiger partial charge in [0, 0.05) is 18.1 Å². The van der Waals surface area contributed by atoms with Gasteiger partial charge in [-0.2, -0.15) is 0 Å². The van der Waals surface area contributed by atoms with Crippen LogP contribution in [-0.4, -0.2) is 49.5 Å². The zero-order valence-electron chi connectivity index (χ0n) is 14.8. The van der Waals surface area contributed by atoms with Crippen LogP contribution < -0.4 is 4.74 Å². The molecule has 0 amide bonds. The standard InChI is InChI=1S/C20H26ClNO3/c1-16(17-8-10-18(21)11-9-17)25-15-19(23)14-22(2)12-13-24-20-6-4-3-5-7-20/h3-11,16,19,23H,12-15H2,1-2H3/t16-,19-/m1/s1. The third-order valence-electron chi connectivity index (χ3n) is 3.89. The molecule has 0 aliphatic rings. The highest BCUT2D eigenvalue weighted by Crippen LogP contribution is 2.19. The molecule has 25 heavy (non-hydrogen) atoms. The van der Waals surface area contributed by atoms with E-state index >= 15 is 0 Å². The molecule has 0 heterocycles. The molecule has 0 fully saturated rings. The number of ether oxygens (including phenoxy) is 2. The van der Waals surface area contributed by atoms with E-state index in [1.165, 1.54) is 0 Å². The van der Waals surface area contributed by atoms with Crippen molar-refractivity contribution in [1.82, 2.24) is 4.90 Å². The van der Waals surface area contributed by atoms with Crippen molar-refractivity contribution in [3.05, 3.63) is 65.2 Å². The first-order valence-electron chi connectivity index (χ1n) is 8.46. The predicted molar refractivity (Wildman–Crippen MR) is 101 cm³/mol. The first-order chi connectivity index (χ1) is 12.0. The number of hydrogen-bond donors (Lipinski definition) is 1. The van der Waals surface area contributed by atoms with Gasteiger partial charge in [0.05, 0.1) is 18.8 Å². The second-order valence-corrected chi connectivity index (χ2v) is 6.54. The van der Waals surface area contributed by atoms with E-state index in [2.05, 4.69) is 0 Å². The molecule has 1 N–H and O–H groups in total. The quantitative estimate of drug-likeness (QED) is 0.697. The maximum absolute atomic E-state index is 10.1. The number of aliphatic hydroxyl groups is 1. The van der Waals surface area contributed by atoms with Crippen LogP contribution in [0, 0.1) is 0 Å². The molecule has 2 aromatic rings. The lowest BCUT2D eigenvalue weighted by atomic mass is 10.1. The van der Waals surface area contributed by atoms with E-state index in [9.17, 15) is 5.11 Å². The summed E-state index contributed by atoms with van der Waals surface area (Å²) in [7, 11) is 1.96. The summed E-state index contributed by atoms with van der Waals surface area (Å²) < 4.78 is 11.4. The summed E-state index contributed by atoms with van der Waals surface area (Å²) in [6.45, 7) is 4.10. The van der Waals surface area contributed by atoms with Gasteiger partial charge in [-0.15, -0.1) is 0 Å². The number of aliphatic hydroxyl groups excluding tert-OH is 1. The third-order valence-corrected chi connectivity index (χ3v) is 4.14. The molecular formula is C20H26ClNO3. The molecule has 0 bridgehead atoms. The number of para-hydroxylation sites is 1. The minimum absolute atomic E-state index is 0.0846. The van der Waals surface area contributed by atoms with Gasteiger partial charge >= 0.3 is 0 Å². The van der Waals surface area contributed by atoms with Gasteiger partial charge in [-0.1, -0.05) is 41.9 Å². The molecule has 2 aromatic carbocycles. The zero-order valence-corrected chi connectivity index (χ0v) is 15.5. The maximum atomic E-state index is 10.1. The number of benzene rings is 2. The molecule has 0 aliphatic carbocycles. The average molecular weight is 364 g/mol. The van der Waals surface area contributed by atoms with Crippen LogP contribution in [0.15, 0.2) is 54.6 Å². The van der Waals surface area contributed by atoms with Gasteiger partial charge in [0.15, 0.2) is 0 Å². The summed E-state index contributed by atoms with van der Waals surface area (Å²) >= 11 is 5.89. The van der Waals surface area contributed by atoms with Gasteiger partial charge in [-0.3, -0.25) is 0 Å². The van der Waals surface area contributed by atoms with Crippen LogP contribution in [0.25, 0.3) is 0 Å². The lowest BCUT2D eigenvalue weighted by Gasteiger charge is -2.22. The molecule has 0 aromatic heterocycles. The van der Waals surface area contributed by atoms with E-state index in [1.54, 1.807) is 0 Å². The van der Waals surface area contributed by atoms with E-state index in [0.717, 1.165) is 17.9 Å². The molecule has 4 nitrogen and oxygen atoms in total. The van der Waals surface area contributed by atoms with Gasteiger partial charge < -0.3 is 19.5 Å². The molecule has 0 spiro atoms. The molecule has 0 saturated heterocycles. The molecular weight excluding hydrogens is 338 g/mol. The van der Waals surface area contributed by atoms with Gasteiger partial charge in [0.2, 0.25) is 0 Å². The smallest absolute Gasteiger partial charge is 0.119 e. The topological polar surface area (TPSA) is 41.9 Å². The average Bonchev–Trinajstić information content (AvgIpc) is 2.61. The van der Waals surface area contributed by atoms with Gasteiger partial charge in [-0.25, -0.2) is 0 Å². The molecule has 136 valence electrons. The number of halogens is 1. The normalized spacial score (nSPS) is 13.6. The summed E-state index contributed by atoms with van der Waals surface area (Å²) in [5.41, 5.74) is 1.04. The summed E-state index contributed by atoms with van der Waals surface area (Å²) in [5.74, 6) is 0.858. The summed E-state index contributed by atoms with van der Waals surface area (Å²) in [6.07, 6.45) is -0.630. The monoisotopic (exact) mass is 363 g/mol. The largest absolute Gasteiger partial charge is 0.492 e. The number of likely N-dealkylation sites (N-methyl/N-ethyl adjacent to an activating group) is 1. The molecule has 0 aliphatic heterocycles. The first-order valence-corrected chi connectivity index (χ1v) is 8.84. The minimum Gasteiger partial charge on any atom is -0.492 e. The molecule has 5 heteroatoms. The van der Waals surface area contributed by atoms with Crippen molar-refractivity contribution >= 4 is 11.6 Å². The van der Waals surface area contributed by atoms with Crippen molar-refractivity contribution in [2.45, 2.75) is 19.1 Å². The molecule has 0 saturated carbocycles. The maximum Gasteiger partial charge on any atom is 0.119 e. The fourth-order valence-electron chi connectivity index (χ4n) is 2.43. The van der Waals surface area contributed by atoms with Crippen molar-refractivity contribution in [1.29, 1.82) is 0 Å². The molecule has 0 radical (unpaired) electrons. The lowest BCUT2D eigenvalue weighted by molar-refractivity contribution is -0.0139. The zero-order chi connectivity index (χ0) is 18.1. The van der Waals surface area contributed by atoms with Crippen LogP contribution in [0.5, 0.6) is 5.75 Å². The van der Waals surface area contributed by atoms with Gasteiger partial charge in [-0.05, 0) is 43.8 Å². The Morgan fingerprint density at radius 2 is 1.76 bits per heavy atom. The number of nitrogens with zero attached hydrogens (tertiary/aromatic N) is 1. The number of rotatable bonds is 10.